The average Bonchev–Trinajstić information content (AvgIpc) is 2.42. The lowest BCUT2D eigenvalue weighted by Gasteiger charge is -2.31. The molecule has 0 bridgehead atoms. The van der Waals surface area contributed by atoms with Crippen molar-refractivity contribution in [2.45, 2.75) is 64.0 Å². The molecule has 5 heteroatoms. The fraction of sp³-hybridized carbons (Fsp3) is 0.933. The van der Waals surface area contributed by atoms with Crippen molar-refractivity contribution in [2.24, 2.45) is 11.8 Å². The van der Waals surface area contributed by atoms with Gasteiger partial charge in [0.05, 0.1) is 12.1 Å². The quantitative estimate of drug-likeness (QED) is 0.743. The maximum atomic E-state index is 12.1. The highest BCUT2D eigenvalue weighted by molar-refractivity contribution is 5.85. The summed E-state index contributed by atoms with van der Waals surface area (Å²) < 4.78 is 0. The van der Waals surface area contributed by atoms with Crippen LogP contribution in [0.1, 0.15) is 51.9 Å². The maximum Gasteiger partial charge on any atom is 0.220 e. The molecule has 0 aromatic heterocycles. The van der Waals surface area contributed by atoms with E-state index in [9.17, 15) is 9.90 Å². The smallest absolute Gasteiger partial charge is 0.220 e. The molecule has 1 heterocycles. The summed E-state index contributed by atoms with van der Waals surface area (Å²) >= 11 is 0. The zero-order valence-corrected chi connectivity index (χ0v) is 13.3. The fourth-order valence-electron chi connectivity index (χ4n) is 3.37. The Labute approximate surface area is 128 Å². The lowest BCUT2D eigenvalue weighted by atomic mass is 9.85. The van der Waals surface area contributed by atoms with Crippen molar-refractivity contribution in [1.82, 2.24) is 10.6 Å². The van der Waals surface area contributed by atoms with E-state index in [2.05, 4.69) is 17.6 Å². The highest BCUT2D eigenvalue weighted by atomic mass is 35.5. The second-order valence-electron chi connectivity index (χ2n) is 6.31. The van der Waals surface area contributed by atoms with Gasteiger partial charge in [-0.1, -0.05) is 19.8 Å². The molecule has 20 heavy (non-hydrogen) atoms. The van der Waals surface area contributed by atoms with E-state index >= 15 is 0 Å². The van der Waals surface area contributed by atoms with Crippen LogP contribution in [0, 0.1) is 11.8 Å². The number of piperidine rings is 1. The molecule has 2 unspecified atom stereocenters. The minimum atomic E-state index is -0.343. The first-order chi connectivity index (χ1) is 9.16. The van der Waals surface area contributed by atoms with Gasteiger partial charge < -0.3 is 15.7 Å². The summed E-state index contributed by atoms with van der Waals surface area (Å²) in [6.45, 7) is 4.33. The first kappa shape index (κ1) is 17.7. The maximum absolute atomic E-state index is 12.1. The monoisotopic (exact) mass is 304 g/mol. The lowest BCUT2D eigenvalue weighted by molar-refractivity contribution is -0.124. The minimum Gasteiger partial charge on any atom is -0.391 e. The van der Waals surface area contributed by atoms with E-state index in [0.717, 1.165) is 38.8 Å². The zero-order chi connectivity index (χ0) is 13.7. The Morgan fingerprint density at radius 3 is 2.70 bits per heavy atom. The van der Waals surface area contributed by atoms with Gasteiger partial charge in [0.1, 0.15) is 0 Å². The van der Waals surface area contributed by atoms with Crippen molar-refractivity contribution >= 4 is 18.3 Å². The van der Waals surface area contributed by atoms with E-state index in [4.69, 9.17) is 0 Å². The van der Waals surface area contributed by atoms with Crippen LogP contribution in [0.15, 0.2) is 0 Å². The lowest BCUT2D eigenvalue weighted by Crippen LogP contribution is -2.46. The highest BCUT2D eigenvalue weighted by Crippen LogP contribution is 2.23. The van der Waals surface area contributed by atoms with Crippen molar-refractivity contribution < 1.29 is 9.90 Å². The highest BCUT2D eigenvalue weighted by Gasteiger charge is 2.26. The summed E-state index contributed by atoms with van der Waals surface area (Å²) in [5, 5.41) is 16.3. The van der Waals surface area contributed by atoms with Gasteiger partial charge in [-0.15, -0.1) is 12.4 Å². The molecule has 0 radical (unpaired) electrons. The van der Waals surface area contributed by atoms with Gasteiger partial charge in [-0.2, -0.15) is 0 Å². The molecule has 2 aliphatic rings. The number of hydrogen-bond acceptors (Lipinski definition) is 3. The van der Waals surface area contributed by atoms with Crippen LogP contribution in [0.3, 0.4) is 0 Å². The minimum absolute atomic E-state index is 0. The average molecular weight is 305 g/mol. The number of hydrogen-bond donors (Lipinski definition) is 3. The molecule has 118 valence electrons. The summed E-state index contributed by atoms with van der Waals surface area (Å²) in [6.07, 6.45) is 6.65. The second-order valence-corrected chi connectivity index (χ2v) is 6.31. The predicted octanol–water partition coefficient (Wildman–Crippen LogP) is 1.85. The molecule has 1 aliphatic carbocycles. The van der Waals surface area contributed by atoms with Crippen LogP contribution in [-0.4, -0.2) is 36.2 Å². The Morgan fingerprint density at radius 1 is 1.30 bits per heavy atom. The summed E-state index contributed by atoms with van der Waals surface area (Å²) in [7, 11) is 0. The van der Waals surface area contributed by atoms with Crippen LogP contribution in [-0.2, 0) is 4.79 Å². The molecule has 1 saturated carbocycles. The second kappa shape index (κ2) is 8.85. The van der Waals surface area contributed by atoms with Gasteiger partial charge in [-0.05, 0) is 50.6 Å². The van der Waals surface area contributed by atoms with E-state index in [1.54, 1.807) is 0 Å². The van der Waals surface area contributed by atoms with Crippen LogP contribution in [0.4, 0.5) is 0 Å². The Hall–Kier alpha value is -0.320. The number of carbonyl (C=O) groups excluding carboxylic acids is 1. The third kappa shape index (κ3) is 5.23. The molecule has 3 N–H and O–H groups in total. The van der Waals surface area contributed by atoms with Crippen molar-refractivity contribution in [3.8, 4) is 0 Å². The van der Waals surface area contributed by atoms with Crippen LogP contribution in [0.25, 0.3) is 0 Å². The van der Waals surface area contributed by atoms with E-state index in [-0.39, 0.29) is 30.5 Å². The van der Waals surface area contributed by atoms with E-state index in [1.807, 2.05) is 0 Å². The van der Waals surface area contributed by atoms with E-state index in [0.29, 0.717) is 18.3 Å². The number of aliphatic hydroxyl groups is 1. The summed E-state index contributed by atoms with van der Waals surface area (Å²) in [4.78, 5) is 12.1. The number of amides is 1. The van der Waals surface area contributed by atoms with E-state index in [1.165, 1.54) is 12.8 Å². The molecular formula is C15H29ClN2O2. The van der Waals surface area contributed by atoms with Gasteiger partial charge in [-0.3, -0.25) is 4.79 Å². The van der Waals surface area contributed by atoms with Gasteiger partial charge in [0.25, 0.3) is 0 Å². The molecule has 0 spiro atoms. The predicted molar refractivity (Wildman–Crippen MR) is 83.0 cm³/mol. The first-order valence-electron chi connectivity index (χ1n) is 7.85. The molecule has 1 aliphatic heterocycles. The van der Waals surface area contributed by atoms with Gasteiger partial charge in [0.2, 0.25) is 5.91 Å². The third-order valence-electron chi connectivity index (χ3n) is 4.72. The number of nitrogens with one attached hydrogen (secondary N) is 2. The van der Waals surface area contributed by atoms with E-state index < -0.39 is 0 Å². The number of rotatable bonds is 4. The topological polar surface area (TPSA) is 61.4 Å². The SMILES string of the molecule is CC(CC(=O)N[C@@H]1CCCC[C@H]1O)C1CCCNC1.Cl. The number of carbonyl (C=O) groups is 1. The van der Waals surface area contributed by atoms with Crippen LogP contribution < -0.4 is 10.6 Å². The fourth-order valence-corrected chi connectivity index (χ4v) is 3.37. The molecule has 4 nitrogen and oxygen atoms in total. The Balaban J connectivity index is 0.00000200. The molecule has 4 atom stereocenters. The van der Waals surface area contributed by atoms with Crippen molar-refractivity contribution in [3.05, 3.63) is 0 Å². The summed E-state index contributed by atoms with van der Waals surface area (Å²) in [5.74, 6) is 1.16. The Bertz CT molecular complexity index is 296. The third-order valence-corrected chi connectivity index (χ3v) is 4.72. The summed E-state index contributed by atoms with van der Waals surface area (Å²) in [5.41, 5.74) is 0. The molecule has 2 fully saturated rings. The standard InChI is InChI=1S/C15H28N2O2.ClH/c1-11(12-5-4-8-16-10-12)9-15(19)17-13-6-2-3-7-14(13)18;/h11-14,16,18H,2-10H2,1H3,(H,17,19);1H/t11?,12?,13-,14-;/m1./s1. The summed E-state index contributed by atoms with van der Waals surface area (Å²) in [6, 6.07) is -0.0158. The molecular weight excluding hydrogens is 276 g/mol. The molecule has 1 amide bonds. The van der Waals surface area contributed by atoms with Gasteiger partial charge in [0.15, 0.2) is 0 Å². The number of aliphatic hydroxyl groups excluding tert-OH is 1. The van der Waals surface area contributed by atoms with Crippen molar-refractivity contribution in [1.29, 1.82) is 0 Å². The zero-order valence-electron chi connectivity index (χ0n) is 12.4. The van der Waals surface area contributed by atoms with Crippen LogP contribution >= 0.6 is 12.4 Å². The Kier molecular flexibility index (Phi) is 7.85. The van der Waals surface area contributed by atoms with Gasteiger partial charge >= 0.3 is 0 Å². The van der Waals surface area contributed by atoms with Crippen molar-refractivity contribution in [3.63, 3.8) is 0 Å². The van der Waals surface area contributed by atoms with Crippen LogP contribution in [0.2, 0.25) is 0 Å². The molecule has 0 aromatic rings. The van der Waals surface area contributed by atoms with Gasteiger partial charge in [0, 0.05) is 6.42 Å². The van der Waals surface area contributed by atoms with Gasteiger partial charge in [-0.25, -0.2) is 0 Å². The molecule has 1 saturated heterocycles. The van der Waals surface area contributed by atoms with Crippen molar-refractivity contribution in [2.75, 3.05) is 13.1 Å². The molecule has 0 aromatic carbocycles. The molecule has 2 rings (SSSR count). The van der Waals surface area contributed by atoms with Crippen LogP contribution in [0.5, 0.6) is 0 Å². The largest absolute Gasteiger partial charge is 0.391 e. The Morgan fingerprint density at radius 2 is 2.05 bits per heavy atom. The number of halogens is 1. The first-order valence-corrected chi connectivity index (χ1v) is 7.85. The normalized spacial score (nSPS) is 32.0.